The van der Waals surface area contributed by atoms with Gasteiger partial charge in [-0.15, -0.1) is 0 Å². The summed E-state index contributed by atoms with van der Waals surface area (Å²) in [5.74, 6) is 0.621. The highest BCUT2D eigenvalue weighted by molar-refractivity contribution is 6.10. The number of nitrogens with zero attached hydrogens (tertiary/aromatic N) is 3. The van der Waals surface area contributed by atoms with Crippen LogP contribution in [0.5, 0.6) is 5.75 Å². The van der Waals surface area contributed by atoms with Gasteiger partial charge in [0.15, 0.2) is 5.69 Å². The third kappa shape index (κ3) is 2.36. The van der Waals surface area contributed by atoms with E-state index in [1.807, 2.05) is 38.1 Å². The molecule has 1 aliphatic rings. The average molecular weight is 298 g/mol. The highest BCUT2D eigenvalue weighted by atomic mass is 16.5. The second kappa shape index (κ2) is 5.63. The number of hydrogen-bond acceptors (Lipinski definition) is 4. The van der Waals surface area contributed by atoms with E-state index >= 15 is 0 Å². The van der Waals surface area contributed by atoms with E-state index in [1.54, 1.807) is 11.8 Å². The van der Waals surface area contributed by atoms with Crippen LogP contribution in [0.15, 0.2) is 29.3 Å². The van der Waals surface area contributed by atoms with Gasteiger partial charge in [0.2, 0.25) is 0 Å². The predicted molar refractivity (Wildman–Crippen MR) is 84.2 cm³/mol. The van der Waals surface area contributed by atoms with Crippen molar-refractivity contribution in [1.29, 1.82) is 0 Å². The summed E-state index contributed by atoms with van der Waals surface area (Å²) in [6.45, 7) is 4.84. The minimum Gasteiger partial charge on any atom is -0.497 e. The van der Waals surface area contributed by atoms with Crippen LogP contribution in [0.3, 0.4) is 0 Å². The summed E-state index contributed by atoms with van der Waals surface area (Å²) in [4.78, 5) is 17.0. The van der Waals surface area contributed by atoms with Gasteiger partial charge in [0.05, 0.1) is 25.1 Å². The first-order valence-electron chi connectivity index (χ1n) is 7.21. The van der Waals surface area contributed by atoms with E-state index in [0.29, 0.717) is 24.5 Å². The molecule has 2 heterocycles. The molecule has 0 bridgehead atoms. The number of fused-ring (bicyclic) bond motifs is 1. The topological polar surface area (TPSA) is 68.5 Å². The Kier molecular flexibility index (Phi) is 3.66. The lowest BCUT2D eigenvalue weighted by atomic mass is 10.1. The molecule has 6 nitrogen and oxygen atoms in total. The number of hydrogen-bond donors (Lipinski definition) is 1. The average Bonchev–Trinajstić information content (AvgIpc) is 2.75. The molecule has 1 amide bonds. The van der Waals surface area contributed by atoms with Gasteiger partial charge in [0.1, 0.15) is 11.4 Å². The van der Waals surface area contributed by atoms with E-state index in [2.05, 4.69) is 10.4 Å². The van der Waals surface area contributed by atoms with Crippen LogP contribution in [-0.2, 0) is 6.54 Å². The van der Waals surface area contributed by atoms with Gasteiger partial charge in [0.25, 0.3) is 5.91 Å². The van der Waals surface area contributed by atoms with Crippen LogP contribution in [0.2, 0.25) is 0 Å². The fraction of sp³-hybridized carbons (Fsp3) is 0.312. The Labute approximate surface area is 128 Å². The first-order valence-corrected chi connectivity index (χ1v) is 7.21. The van der Waals surface area contributed by atoms with Crippen molar-refractivity contribution in [2.45, 2.75) is 20.4 Å². The Bertz CT molecular complexity index is 762. The maximum absolute atomic E-state index is 12.3. The predicted octanol–water partition coefficient (Wildman–Crippen LogP) is 2.08. The standard InChI is InChI=1S/C16H18N4O2/c1-4-20-15-14(10(2)19-20)18-13(9-17-16(15)21)11-6-5-7-12(8-11)22-3/h5-8H,4,9H2,1-3H3,(H,17,21). The van der Waals surface area contributed by atoms with Crippen molar-refractivity contribution in [2.24, 2.45) is 4.99 Å². The first kappa shape index (κ1) is 14.3. The molecule has 1 N–H and O–H groups in total. The number of benzene rings is 1. The molecule has 1 aliphatic heterocycles. The van der Waals surface area contributed by atoms with Crippen molar-refractivity contribution < 1.29 is 9.53 Å². The van der Waals surface area contributed by atoms with Crippen molar-refractivity contribution in [2.75, 3.05) is 13.7 Å². The number of ether oxygens (including phenoxy) is 1. The molecule has 0 fully saturated rings. The second-order valence-electron chi connectivity index (χ2n) is 5.07. The summed E-state index contributed by atoms with van der Waals surface area (Å²) in [6, 6.07) is 7.66. The van der Waals surface area contributed by atoms with E-state index in [-0.39, 0.29) is 5.91 Å². The van der Waals surface area contributed by atoms with Crippen LogP contribution in [0.4, 0.5) is 5.69 Å². The van der Waals surface area contributed by atoms with Gasteiger partial charge in [0, 0.05) is 12.1 Å². The molecular formula is C16H18N4O2. The number of aryl methyl sites for hydroxylation is 2. The summed E-state index contributed by atoms with van der Waals surface area (Å²) in [5.41, 5.74) is 3.66. The van der Waals surface area contributed by atoms with Crippen molar-refractivity contribution in [3.8, 4) is 5.75 Å². The summed E-state index contributed by atoms with van der Waals surface area (Å²) in [6.07, 6.45) is 0. The molecule has 0 radical (unpaired) electrons. The Balaban J connectivity index is 2.12. The van der Waals surface area contributed by atoms with Crippen molar-refractivity contribution in [1.82, 2.24) is 15.1 Å². The second-order valence-corrected chi connectivity index (χ2v) is 5.07. The molecule has 0 saturated carbocycles. The highest BCUT2D eigenvalue weighted by Crippen LogP contribution is 2.27. The Morgan fingerprint density at radius 2 is 2.23 bits per heavy atom. The number of methoxy groups -OCH3 is 1. The number of aliphatic imine (C=N–C) groups is 1. The number of amides is 1. The third-order valence-corrected chi connectivity index (χ3v) is 3.68. The quantitative estimate of drug-likeness (QED) is 0.943. The van der Waals surface area contributed by atoms with Crippen LogP contribution in [-0.4, -0.2) is 35.1 Å². The molecule has 1 aromatic carbocycles. The molecule has 0 atom stereocenters. The molecule has 22 heavy (non-hydrogen) atoms. The van der Waals surface area contributed by atoms with E-state index in [1.165, 1.54) is 0 Å². The van der Waals surface area contributed by atoms with Crippen LogP contribution >= 0.6 is 0 Å². The van der Waals surface area contributed by atoms with Crippen molar-refractivity contribution in [3.63, 3.8) is 0 Å². The fourth-order valence-corrected chi connectivity index (χ4v) is 2.55. The summed E-state index contributed by atoms with van der Waals surface area (Å²) < 4.78 is 6.95. The number of carbonyl (C=O) groups is 1. The Morgan fingerprint density at radius 1 is 1.41 bits per heavy atom. The van der Waals surface area contributed by atoms with Crippen LogP contribution in [0.1, 0.15) is 28.7 Å². The molecule has 0 spiro atoms. The van der Waals surface area contributed by atoms with Gasteiger partial charge in [-0.1, -0.05) is 12.1 Å². The molecule has 114 valence electrons. The van der Waals surface area contributed by atoms with Gasteiger partial charge in [-0.2, -0.15) is 5.10 Å². The molecule has 1 aromatic heterocycles. The van der Waals surface area contributed by atoms with Gasteiger partial charge >= 0.3 is 0 Å². The third-order valence-electron chi connectivity index (χ3n) is 3.68. The Hall–Kier alpha value is -2.63. The minimum absolute atomic E-state index is 0.140. The van der Waals surface area contributed by atoms with Gasteiger partial charge in [-0.25, -0.2) is 4.99 Å². The minimum atomic E-state index is -0.140. The number of carbonyl (C=O) groups excluding carboxylic acids is 1. The normalized spacial score (nSPS) is 14.0. The maximum Gasteiger partial charge on any atom is 0.272 e. The van der Waals surface area contributed by atoms with E-state index < -0.39 is 0 Å². The molecule has 6 heteroatoms. The first-order chi connectivity index (χ1) is 10.6. The van der Waals surface area contributed by atoms with E-state index in [0.717, 1.165) is 22.7 Å². The van der Waals surface area contributed by atoms with Crippen molar-refractivity contribution in [3.05, 3.63) is 41.2 Å². The zero-order valence-electron chi connectivity index (χ0n) is 12.9. The van der Waals surface area contributed by atoms with Gasteiger partial charge in [-0.05, 0) is 26.0 Å². The zero-order chi connectivity index (χ0) is 15.7. The zero-order valence-corrected chi connectivity index (χ0v) is 12.9. The van der Waals surface area contributed by atoms with Gasteiger partial charge < -0.3 is 10.1 Å². The highest BCUT2D eigenvalue weighted by Gasteiger charge is 2.24. The van der Waals surface area contributed by atoms with E-state index in [9.17, 15) is 4.79 Å². The maximum atomic E-state index is 12.3. The summed E-state index contributed by atoms with van der Waals surface area (Å²) in [7, 11) is 1.63. The number of nitrogens with one attached hydrogen (secondary N) is 1. The van der Waals surface area contributed by atoms with Gasteiger partial charge in [-0.3, -0.25) is 9.48 Å². The van der Waals surface area contributed by atoms with Crippen LogP contribution < -0.4 is 10.1 Å². The number of aromatic nitrogens is 2. The SMILES string of the molecule is CCn1nc(C)c2c1C(=O)NCC(c1cccc(OC)c1)=N2. The lowest BCUT2D eigenvalue weighted by Crippen LogP contribution is -2.29. The smallest absolute Gasteiger partial charge is 0.272 e. The molecule has 0 aliphatic carbocycles. The summed E-state index contributed by atoms with van der Waals surface area (Å²) in [5, 5.41) is 7.29. The van der Waals surface area contributed by atoms with Crippen LogP contribution in [0, 0.1) is 6.92 Å². The Morgan fingerprint density at radius 3 is 2.95 bits per heavy atom. The molecule has 2 aromatic rings. The van der Waals surface area contributed by atoms with E-state index in [4.69, 9.17) is 9.73 Å². The monoisotopic (exact) mass is 298 g/mol. The summed E-state index contributed by atoms with van der Waals surface area (Å²) >= 11 is 0. The molecular weight excluding hydrogens is 280 g/mol. The fourth-order valence-electron chi connectivity index (χ4n) is 2.55. The lowest BCUT2D eigenvalue weighted by Gasteiger charge is -2.07. The van der Waals surface area contributed by atoms with Crippen LogP contribution in [0.25, 0.3) is 0 Å². The largest absolute Gasteiger partial charge is 0.497 e. The molecule has 0 saturated heterocycles. The van der Waals surface area contributed by atoms with Crippen molar-refractivity contribution >= 4 is 17.3 Å². The molecule has 3 rings (SSSR count). The molecule has 0 unspecified atom stereocenters. The number of rotatable bonds is 3. The lowest BCUT2D eigenvalue weighted by molar-refractivity contribution is 0.0950.